The highest BCUT2D eigenvalue weighted by Gasteiger charge is 2.32. The summed E-state index contributed by atoms with van der Waals surface area (Å²) in [6.07, 6.45) is -5.66. The van der Waals surface area contributed by atoms with E-state index in [0.717, 1.165) is 6.07 Å². The Morgan fingerprint density at radius 3 is 2.43 bits per heavy atom. The van der Waals surface area contributed by atoms with Gasteiger partial charge in [0.1, 0.15) is 6.54 Å². The quantitative estimate of drug-likeness (QED) is 0.765. The molecular formula is C13H13F3N2O5. The molecule has 0 unspecified atom stereocenters. The van der Waals surface area contributed by atoms with Crippen LogP contribution >= 0.6 is 0 Å². The molecule has 0 bridgehead atoms. The zero-order valence-electron chi connectivity index (χ0n) is 11.9. The summed E-state index contributed by atoms with van der Waals surface area (Å²) in [6, 6.07) is 2.07. The van der Waals surface area contributed by atoms with Gasteiger partial charge in [0.2, 0.25) is 0 Å². The number of amides is 2. The second-order valence-electron chi connectivity index (χ2n) is 4.18. The molecule has 1 aromatic carbocycles. The van der Waals surface area contributed by atoms with E-state index >= 15 is 0 Å². The Hall–Kier alpha value is -2.78. The van der Waals surface area contributed by atoms with Crippen LogP contribution in [-0.2, 0) is 15.7 Å². The van der Waals surface area contributed by atoms with Crippen LogP contribution < -0.4 is 10.6 Å². The van der Waals surface area contributed by atoms with E-state index < -0.39 is 41.8 Å². The summed E-state index contributed by atoms with van der Waals surface area (Å²) < 4.78 is 42.7. The van der Waals surface area contributed by atoms with Crippen molar-refractivity contribution in [2.75, 3.05) is 18.5 Å². The van der Waals surface area contributed by atoms with Crippen molar-refractivity contribution in [2.24, 2.45) is 0 Å². The maximum atomic E-state index is 12.7. The molecule has 3 N–H and O–H groups in total. The highest BCUT2D eigenvalue weighted by Crippen LogP contribution is 2.32. The Kier molecular flexibility index (Phi) is 5.94. The lowest BCUT2D eigenvalue weighted by Crippen LogP contribution is -2.30. The molecular weight excluding hydrogens is 321 g/mol. The Balaban J connectivity index is 3.15. The fourth-order valence-corrected chi connectivity index (χ4v) is 1.55. The van der Waals surface area contributed by atoms with Crippen LogP contribution in [0.3, 0.4) is 0 Å². The van der Waals surface area contributed by atoms with Gasteiger partial charge in [-0.2, -0.15) is 13.2 Å². The first-order valence-corrected chi connectivity index (χ1v) is 6.30. The van der Waals surface area contributed by atoms with Crippen LogP contribution in [0.15, 0.2) is 18.2 Å². The van der Waals surface area contributed by atoms with Gasteiger partial charge in [-0.1, -0.05) is 0 Å². The summed E-state index contributed by atoms with van der Waals surface area (Å²) in [5, 5.41) is 12.5. The van der Waals surface area contributed by atoms with Gasteiger partial charge in [-0.25, -0.2) is 4.79 Å². The van der Waals surface area contributed by atoms with Crippen molar-refractivity contribution in [2.45, 2.75) is 13.1 Å². The molecule has 0 aliphatic heterocycles. The zero-order valence-corrected chi connectivity index (χ0v) is 11.9. The zero-order chi connectivity index (χ0) is 17.6. The topological polar surface area (TPSA) is 105 Å². The number of nitrogens with one attached hydrogen (secondary N) is 2. The summed E-state index contributed by atoms with van der Waals surface area (Å²) >= 11 is 0. The van der Waals surface area contributed by atoms with E-state index in [2.05, 4.69) is 10.1 Å². The minimum absolute atomic E-state index is 0.0208. The Labute approximate surface area is 128 Å². The standard InChI is InChI=1S/C13H13F3N2O5/c1-2-23-12(22)18-9-4-3-7(13(14,15)16)5-8(9)11(21)17-6-10(19)20/h3-5H,2,6H2,1H3,(H,17,21)(H,18,22)(H,19,20). The monoisotopic (exact) mass is 334 g/mol. The molecule has 1 aromatic rings. The first-order chi connectivity index (χ1) is 10.6. The van der Waals surface area contributed by atoms with E-state index in [9.17, 15) is 27.6 Å². The van der Waals surface area contributed by atoms with Crippen molar-refractivity contribution in [1.82, 2.24) is 5.32 Å². The lowest BCUT2D eigenvalue weighted by atomic mass is 10.1. The maximum Gasteiger partial charge on any atom is 0.416 e. The molecule has 23 heavy (non-hydrogen) atoms. The van der Waals surface area contributed by atoms with E-state index in [1.54, 1.807) is 0 Å². The Morgan fingerprint density at radius 1 is 1.26 bits per heavy atom. The minimum Gasteiger partial charge on any atom is -0.480 e. The summed E-state index contributed by atoms with van der Waals surface area (Å²) in [6.45, 7) is 0.758. The van der Waals surface area contributed by atoms with Gasteiger partial charge in [-0.05, 0) is 25.1 Å². The van der Waals surface area contributed by atoms with Crippen LogP contribution in [-0.4, -0.2) is 36.2 Å². The molecule has 10 heteroatoms. The SMILES string of the molecule is CCOC(=O)Nc1ccc(C(F)(F)F)cc1C(=O)NCC(=O)O. The van der Waals surface area contributed by atoms with Crippen LogP contribution in [0.25, 0.3) is 0 Å². The highest BCUT2D eigenvalue weighted by atomic mass is 19.4. The first kappa shape index (κ1) is 18.3. The lowest BCUT2D eigenvalue weighted by molar-refractivity contribution is -0.138. The van der Waals surface area contributed by atoms with Crippen molar-refractivity contribution in [1.29, 1.82) is 0 Å². The number of hydrogen-bond donors (Lipinski definition) is 3. The molecule has 0 spiro atoms. The van der Waals surface area contributed by atoms with Gasteiger partial charge in [-0.3, -0.25) is 14.9 Å². The fraction of sp³-hybridized carbons (Fsp3) is 0.308. The van der Waals surface area contributed by atoms with E-state index in [1.165, 1.54) is 6.92 Å². The molecule has 7 nitrogen and oxygen atoms in total. The number of alkyl halides is 3. The molecule has 126 valence electrons. The lowest BCUT2D eigenvalue weighted by Gasteiger charge is -2.14. The molecule has 0 radical (unpaired) electrons. The summed E-state index contributed by atoms with van der Waals surface area (Å²) in [7, 11) is 0. The summed E-state index contributed by atoms with van der Waals surface area (Å²) in [5.74, 6) is -2.45. The average molecular weight is 334 g/mol. The highest BCUT2D eigenvalue weighted by molar-refractivity contribution is 6.03. The van der Waals surface area contributed by atoms with Crippen LogP contribution in [0.2, 0.25) is 0 Å². The third kappa shape index (κ3) is 5.49. The average Bonchev–Trinajstić information content (AvgIpc) is 2.44. The summed E-state index contributed by atoms with van der Waals surface area (Å²) in [5.41, 5.74) is -1.89. The molecule has 0 aromatic heterocycles. The number of anilines is 1. The largest absolute Gasteiger partial charge is 0.480 e. The number of carboxylic acids is 1. The minimum atomic E-state index is -4.70. The summed E-state index contributed by atoms with van der Waals surface area (Å²) in [4.78, 5) is 33.6. The molecule has 0 saturated carbocycles. The van der Waals surface area contributed by atoms with Gasteiger partial charge in [0.05, 0.1) is 23.4 Å². The van der Waals surface area contributed by atoms with Crippen LogP contribution in [0.1, 0.15) is 22.8 Å². The number of carboxylic acid groups (broad SMARTS) is 1. The molecule has 0 aliphatic carbocycles. The van der Waals surface area contributed by atoms with Gasteiger partial charge in [-0.15, -0.1) is 0 Å². The number of ether oxygens (including phenoxy) is 1. The number of carbonyl (C=O) groups excluding carboxylic acids is 2. The molecule has 1 rings (SSSR count). The smallest absolute Gasteiger partial charge is 0.416 e. The van der Waals surface area contributed by atoms with Crippen molar-refractivity contribution in [3.8, 4) is 0 Å². The Bertz CT molecular complexity index is 616. The number of benzene rings is 1. The second kappa shape index (κ2) is 7.47. The van der Waals surface area contributed by atoms with Crippen molar-refractivity contribution < 1.29 is 37.4 Å². The maximum absolute atomic E-state index is 12.7. The number of rotatable bonds is 5. The fourth-order valence-electron chi connectivity index (χ4n) is 1.55. The van der Waals surface area contributed by atoms with Crippen molar-refractivity contribution in [3.05, 3.63) is 29.3 Å². The van der Waals surface area contributed by atoms with Gasteiger partial charge in [0.15, 0.2) is 0 Å². The predicted molar refractivity (Wildman–Crippen MR) is 72.1 cm³/mol. The third-order valence-corrected chi connectivity index (χ3v) is 2.50. The van der Waals surface area contributed by atoms with Crippen molar-refractivity contribution in [3.63, 3.8) is 0 Å². The number of hydrogen-bond acceptors (Lipinski definition) is 4. The van der Waals surface area contributed by atoms with Gasteiger partial charge in [0.25, 0.3) is 5.91 Å². The predicted octanol–water partition coefficient (Wildman–Crippen LogP) is 2.09. The van der Waals surface area contributed by atoms with E-state index in [0.29, 0.717) is 12.1 Å². The van der Waals surface area contributed by atoms with Crippen LogP contribution in [0, 0.1) is 0 Å². The van der Waals surface area contributed by atoms with Gasteiger partial charge in [0, 0.05) is 0 Å². The Morgan fingerprint density at radius 2 is 1.91 bits per heavy atom. The molecule has 0 fully saturated rings. The van der Waals surface area contributed by atoms with Gasteiger partial charge < -0.3 is 15.2 Å². The van der Waals surface area contributed by atoms with Gasteiger partial charge >= 0.3 is 18.2 Å². The normalized spacial score (nSPS) is 10.8. The molecule has 0 atom stereocenters. The number of carbonyl (C=O) groups is 3. The van der Waals surface area contributed by atoms with E-state index in [-0.39, 0.29) is 12.3 Å². The van der Waals surface area contributed by atoms with Crippen LogP contribution in [0.4, 0.5) is 23.7 Å². The number of halogens is 3. The molecule has 2 amide bonds. The van der Waals surface area contributed by atoms with E-state index in [4.69, 9.17) is 5.11 Å². The molecule has 0 aliphatic rings. The third-order valence-electron chi connectivity index (χ3n) is 2.50. The van der Waals surface area contributed by atoms with Crippen LogP contribution in [0.5, 0.6) is 0 Å². The molecule has 0 saturated heterocycles. The molecule has 0 heterocycles. The second-order valence-corrected chi connectivity index (χ2v) is 4.18. The van der Waals surface area contributed by atoms with Crippen molar-refractivity contribution >= 4 is 23.7 Å². The van der Waals surface area contributed by atoms with E-state index in [1.807, 2.05) is 5.32 Å². The number of aliphatic carboxylic acids is 1. The first-order valence-electron chi connectivity index (χ1n) is 6.30.